The van der Waals surface area contributed by atoms with E-state index < -0.39 is 5.60 Å². The number of hydrogen-bond acceptors (Lipinski definition) is 4. The van der Waals surface area contributed by atoms with Crippen LogP contribution in [0.5, 0.6) is 0 Å². The van der Waals surface area contributed by atoms with Gasteiger partial charge in [0.05, 0.1) is 5.60 Å². The van der Waals surface area contributed by atoms with Gasteiger partial charge in [-0.2, -0.15) is 0 Å². The minimum Gasteiger partial charge on any atom is -0.389 e. The number of unbranched alkanes of at least 4 members (excludes halogenated alkanes) is 1. The molecule has 19 heavy (non-hydrogen) atoms. The first kappa shape index (κ1) is 16.1. The summed E-state index contributed by atoms with van der Waals surface area (Å²) in [6.45, 7) is 4.21. The molecule has 1 aromatic rings. The summed E-state index contributed by atoms with van der Waals surface area (Å²) in [5.74, 6) is 0. The molecule has 0 aliphatic rings. The van der Waals surface area contributed by atoms with Gasteiger partial charge in [0, 0.05) is 31.4 Å². The van der Waals surface area contributed by atoms with E-state index in [0.29, 0.717) is 6.54 Å². The van der Waals surface area contributed by atoms with Gasteiger partial charge < -0.3 is 15.7 Å². The molecule has 0 bridgehead atoms. The SMILES string of the molecule is CN(CCCCC(C)(O)CN)CCc1ccccn1. The van der Waals surface area contributed by atoms with E-state index >= 15 is 0 Å². The first-order valence-electron chi connectivity index (χ1n) is 7.04. The highest BCUT2D eigenvalue weighted by atomic mass is 16.3. The van der Waals surface area contributed by atoms with Crippen LogP contribution in [0.25, 0.3) is 0 Å². The van der Waals surface area contributed by atoms with Gasteiger partial charge in [-0.05, 0) is 51.9 Å². The van der Waals surface area contributed by atoms with Crippen LogP contribution in [0.2, 0.25) is 0 Å². The Labute approximate surface area is 116 Å². The first-order valence-corrected chi connectivity index (χ1v) is 7.04. The zero-order valence-electron chi connectivity index (χ0n) is 12.2. The van der Waals surface area contributed by atoms with Gasteiger partial charge >= 0.3 is 0 Å². The Morgan fingerprint density at radius 1 is 1.32 bits per heavy atom. The predicted molar refractivity (Wildman–Crippen MR) is 79.0 cm³/mol. The van der Waals surface area contributed by atoms with Crippen molar-refractivity contribution in [3.05, 3.63) is 30.1 Å². The number of likely N-dealkylation sites (N-methyl/N-ethyl adjacent to an activating group) is 1. The molecule has 0 saturated heterocycles. The van der Waals surface area contributed by atoms with Gasteiger partial charge in [-0.3, -0.25) is 4.98 Å². The van der Waals surface area contributed by atoms with Crippen LogP contribution >= 0.6 is 0 Å². The third-order valence-corrected chi connectivity index (χ3v) is 3.42. The predicted octanol–water partition coefficient (Wildman–Crippen LogP) is 1.44. The van der Waals surface area contributed by atoms with Crippen LogP contribution in [0.3, 0.4) is 0 Å². The summed E-state index contributed by atoms with van der Waals surface area (Å²) in [5.41, 5.74) is 5.93. The molecule has 0 radical (unpaired) electrons. The van der Waals surface area contributed by atoms with Crippen LogP contribution in [0.15, 0.2) is 24.4 Å². The fraction of sp³-hybridized carbons (Fsp3) is 0.667. The third-order valence-electron chi connectivity index (χ3n) is 3.42. The molecular formula is C15H27N3O. The van der Waals surface area contributed by atoms with Gasteiger partial charge in [-0.1, -0.05) is 6.07 Å². The van der Waals surface area contributed by atoms with Gasteiger partial charge in [0.1, 0.15) is 0 Å². The third kappa shape index (κ3) is 7.25. The van der Waals surface area contributed by atoms with E-state index in [1.54, 1.807) is 6.92 Å². The van der Waals surface area contributed by atoms with Crippen LogP contribution in [-0.4, -0.2) is 47.3 Å². The molecule has 108 valence electrons. The molecule has 0 amide bonds. The number of nitrogens with zero attached hydrogens (tertiary/aromatic N) is 2. The minimum absolute atomic E-state index is 0.336. The van der Waals surface area contributed by atoms with Gasteiger partial charge in [-0.25, -0.2) is 0 Å². The number of hydrogen-bond donors (Lipinski definition) is 2. The molecule has 1 unspecified atom stereocenters. The molecule has 1 rings (SSSR count). The lowest BCUT2D eigenvalue weighted by Crippen LogP contribution is -2.34. The summed E-state index contributed by atoms with van der Waals surface area (Å²) in [4.78, 5) is 6.63. The summed E-state index contributed by atoms with van der Waals surface area (Å²) >= 11 is 0. The molecule has 1 aromatic heterocycles. The largest absolute Gasteiger partial charge is 0.389 e. The van der Waals surface area contributed by atoms with Crippen molar-refractivity contribution in [2.24, 2.45) is 5.73 Å². The highest BCUT2D eigenvalue weighted by Gasteiger charge is 2.16. The van der Waals surface area contributed by atoms with E-state index in [1.165, 1.54) is 0 Å². The second kappa shape index (κ2) is 8.25. The van der Waals surface area contributed by atoms with E-state index in [0.717, 1.165) is 44.5 Å². The standard InChI is InChI=1S/C15H27N3O/c1-15(19,13-16)9-4-6-11-18(2)12-8-14-7-3-5-10-17-14/h3,5,7,10,19H,4,6,8-9,11-13,16H2,1-2H3. The lowest BCUT2D eigenvalue weighted by atomic mass is 9.99. The summed E-state index contributed by atoms with van der Waals surface area (Å²) in [6.07, 6.45) is 5.70. The topological polar surface area (TPSA) is 62.4 Å². The van der Waals surface area contributed by atoms with Crippen LogP contribution in [-0.2, 0) is 6.42 Å². The minimum atomic E-state index is -0.702. The van der Waals surface area contributed by atoms with E-state index in [2.05, 4.69) is 23.0 Å². The number of aromatic nitrogens is 1. The molecule has 0 aliphatic carbocycles. The summed E-state index contributed by atoms with van der Waals surface area (Å²) < 4.78 is 0. The monoisotopic (exact) mass is 265 g/mol. The van der Waals surface area contributed by atoms with Crippen molar-refractivity contribution in [3.8, 4) is 0 Å². The van der Waals surface area contributed by atoms with Gasteiger partial charge in [0.2, 0.25) is 0 Å². The quantitative estimate of drug-likeness (QED) is 0.663. The van der Waals surface area contributed by atoms with E-state index in [4.69, 9.17) is 5.73 Å². The Bertz CT molecular complexity index is 341. The highest BCUT2D eigenvalue weighted by molar-refractivity contribution is 5.03. The smallest absolute Gasteiger partial charge is 0.0741 e. The second-order valence-corrected chi connectivity index (χ2v) is 5.53. The zero-order chi connectivity index (χ0) is 14.1. The fourth-order valence-corrected chi connectivity index (χ4v) is 1.95. The van der Waals surface area contributed by atoms with Crippen molar-refractivity contribution in [3.63, 3.8) is 0 Å². The molecule has 0 saturated carbocycles. The molecule has 3 N–H and O–H groups in total. The van der Waals surface area contributed by atoms with Crippen LogP contribution in [0, 0.1) is 0 Å². The Kier molecular flexibility index (Phi) is 6.99. The van der Waals surface area contributed by atoms with E-state index in [1.807, 2.05) is 18.3 Å². The Morgan fingerprint density at radius 2 is 2.11 bits per heavy atom. The molecule has 4 heteroatoms. The zero-order valence-corrected chi connectivity index (χ0v) is 12.2. The summed E-state index contributed by atoms with van der Waals surface area (Å²) in [6, 6.07) is 6.03. The number of aliphatic hydroxyl groups is 1. The van der Waals surface area contributed by atoms with Gasteiger partial charge in [0.15, 0.2) is 0 Å². The lowest BCUT2D eigenvalue weighted by Gasteiger charge is -2.22. The highest BCUT2D eigenvalue weighted by Crippen LogP contribution is 2.11. The van der Waals surface area contributed by atoms with Crippen molar-refractivity contribution in [1.29, 1.82) is 0 Å². The Balaban J connectivity index is 2.10. The molecule has 0 aliphatic heterocycles. The lowest BCUT2D eigenvalue weighted by molar-refractivity contribution is 0.0566. The number of pyridine rings is 1. The maximum Gasteiger partial charge on any atom is 0.0741 e. The van der Waals surface area contributed by atoms with Crippen molar-refractivity contribution in [1.82, 2.24) is 9.88 Å². The maximum atomic E-state index is 9.79. The van der Waals surface area contributed by atoms with Crippen molar-refractivity contribution in [2.75, 3.05) is 26.7 Å². The first-order chi connectivity index (χ1) is 9.03. The van der Waals surface area contributed by atoms with E-state index in [9.17, 15) is 5.11 Å². The van der Waals surface area contributed by atoms with Crippen LogP contribution in [0.4, 0.5) is 0 Å². The normalized spacial score (nSPS) is 14.6. The average molecular weight is 265 g/mol. The second-order valence-electron chi connectivity index (χ2n) is 5.53. The molecule has 1 atom stereocenters. The Hall–Kier alpha value is -0.970. The van der Waals surface area contributed by atoms with Gasteiger partial charge in [0.25, 0.3) is 0 Å². The van der Waals surface area contributed by atoms with Crippen molar-refractivity contribution < 1.29 is 5.11 Å². The van der Waals surface area contributed by atoms with Crippen LogP contribution < -0.4 is 5.73 Å². The molecule has 0 fully saturated rings. The molecule has 1 heterocycles. The summed E-state index contributed by atoms with van der Waals surface area (Å²) in [5, 5.41) is 9.79. The fourth-order valence-electron chi connectivity index (χ4n) is 1.95. The summed E-state index contributed by atoms with van der Waals surface area (Å²) in [7, 11) is 2.13. The van der Waals surface area contributed by atoms with Crippen molar-refractivity contribution >= 4 is 0 Å². The number of nitrogens with two attached hydrogens (primary N) is 1. The molecular weight excluding hydrogens is 238 g/mol. The van der Waals surface area contributed by atoms with E-state index in [-0.39, 0.29) is 0 Å². The molecule has 0 spiro atoms. The molecule has 0 aromatic carbocycles. The average Bonchev–Trinajstić information content (AvgIpc) is 2.42. The van der Waals surface area contributed by atoms with Crippen molar-refractivity contribution in [2.45, 2.75) is 38.2 Å². The van der Waals surface area contributed by atoms with Crippen LogP contribution in [0.1, 0.15) is 31.9 Å². The maximum absolute atomic E-state index is 9.79. The Morgan fingerprint density at radius 3 is 2.74 bits per heavy atom. The van der Waals surface area contributed by atoms with Gasteiger partial charge in [-0.15, -0.1) is 0 Å². The number of rotatable bonds is 9. The molecule has 4 nitrogen and oxygen atoms in total.